The lowest BCUT2D eigenvalue weighted by Crippen LogP contribution is -2.03. The predicted molar refractivity (Wildman–Crippen MR) is 40.1 cm³/mol. The first kappa shape index (κ1) is 9.28. The van der Waals surface area contributed by atoms with E-state index in [0.717, 1.165) is 0 Å². The van der Waals surface area contributed by atoms with Crippen LogP contribution in [-0.4, -0.2) is 10.1 Å². The smallest absolute Gasteiger partial charge is 0.212 e. The largest absolute Gasteiger partial charge is 0.299 e. The van der Waals surface area contributed by atoms with E-state index in [1.807, 2.05) is 0 Å². The van der Waals surface area contributed by atoms with Crippen molar-refractivity contribution in [1.82, 2.24) is 0 Å². The van der Waals surface area contributed by atoms with E-state index < -0.39 is 3.79 Å². The quantitative estimate of drug-likeness (QED) is 0.350. The van der Waals surface area contributed by atoms with Crippen molar-refractivity contribution in [2.24, 2.45) is 0 Å². The van der Waals surface area contributed by atoms with Crippen LogP contribution in [0.2, 0.25) is 0 Å². The third-order valence-electron chi connectivity index (χ3n) is 0.765. The second-order valence-electron chi connectivity index (χ2n) is 1.48. The summed E-state index contributed by atoms with van der Waals surface area (Å²) in [6.07, 6.45) is 1.80. The lowest BCUT2D eigenvalue weighted by Gasteiger charge is -2.08. The molecule has 9 heavy (non-hydrogen) atoms. The first-order valence-corrected chi connectivity index (χ1v) is 3.31. The zero-order chi connectivity index (χ0) is 7.49. The van der Waals surface area contributed by atoms with Crippen molar-refractivity contribution in [3.63, 3.8) is 0 Å². The van der Waals surface area contributed by atoms with E-state index >= 15 is 0 Å². The van der Waals surface area contributed by atoms with Crippen LogP contribution in [0.3, 0.4) is 0 Å². The van der Waals surface area contributed by atoms with Crippen LogP contribution in [0.5, 0.6) is 0 Å². The lowest BCUT2D eigenvalue weighted by atomic mass is 10.3. The van der Waals surface area contributed by atoms with Crippen molar-refractivity contribution in [3.05, 3.63) is 11.6 Å². The maximum absolute atomic E-state index is 9.81. The average Bonchev–Trinajstić information content (AvgIpc) is 1.64. The number of hydrogen-bond acceptors (Lipinski definition) is 1. The van der Waals surface area contributed by atoms with Gasteiger partial charge in [0.2, 0.25) is 3.79 Å². The Bertz CT molecular complexity index is 134. The molecule has 0 atom stereocenters. The summed E-state index contributed by atoms with van der Waals surface area (Å²) in [6, 6.07) is 0. The summed E-state index contributed by atoms with van der Waals surface area (Å²) < 4.78 is -1.44. The third kappa shape index (κ3) is 3.79. The highest BCUT2D eigenvalue weighted by molar-refractivity contribution is 6.69. The van der Waals surface area contributed by atoms with Crippen LogP contribution in [0, 0.1) is 0 Å². The number of allylic oxidation sites excluding steroid dienone is 2. The molecule has 0 aromatic rings. The van der Waals surface area contributed by atoms with Gasteiger partial charge in [0.25, 0.3) is 0 Å². The van der Waals surface area contributed by atoms with Gasteiger partial charge < -0.3 is 0 Å². The summed E-state index contributed by atoms with van der Waals surface area (Å²) in [5.74, 6) is 0. The summed E-state index contributed by atoms with van der Waals surface area (Å²) in [5, 5.41) is 0. The first-order valence-electron chi connectivity index (χ1n) is 2.17. The van der Waals surface area contributed by atoms with Gasteiger partial charge in [0, 0.05) is 0 Å². The van der Waals surface area contributed by atoms with Gasteiger partial charge in [-0.1, -0.05) is 34.8 Å². The molecule has 0 aliphatic heterocycles. The van der Waals surface area contributed by atoms with E-state index in [1.165, 1.54) is 6.08 Å². The molecule has 0 rings (SSSR count). The highest BCUT2D eigenvalue weighted by Crippen LogP contribution is 2.33. The summed E-state index contributed by atoms with van der Waals surface area (Å²) in [6.45, 7) is 1.57. The Labute approximate surface area is 68.6 Å². The van der Waals surface area contributed by atoms with E-state index in [1.54, 1.807) is 6.92 Å². The normalized spacial score (nSPS) is 13.6. The van der Waals surface area contributed by atoms with Gasteiger partial charge in [0.05, 0.1) is 0 Å². The summed E-state index contributed by atoms with van der Waals surface area (Å²) >= 11 is 16.1. The number of alkyl halides is 3. The van der Waals surface area contributed by atoms with Gasteiger partial charge in [-0.2, -0.15) is 0 Å². The van der Waals surface area contributed by atoms with Crippen molar-refractivity contribution in [2.45, 2.75) is 10.7 Å². The fourth-order valence-corrected chi connectivity index (χ4v) is 0.386. The van der Waals surface area contributed by atoms with Gasteiger partial charge in [-0.25, -0.2) is 0 Å². The molecule has 1 nitrogen and oxygen atoms in total. The van der Waals surface area contributed by atoms with Crippen molar-refractivity contribution in [2.75, 3.05) is 0 Å². The molecule has 0 spiro atoms. The molecule has 0 aromatic carbocycles. The molecular weight excluding hydrogens is 182 g/mol. The standard InChI is InChI=1S/C5H5Cl3O/c1-4(2-3-9)5(6,7)8/h2-3H,1H3. The molecule has 0 aliphatic carbocycles. The van der Waals surface area contributed by atoms with E-state index in [9.17, 15) is 4.79 Å². The minimum absolute atomic E-state index is 0.419. The molecule has 0 saturated heterocycles. The van der Waals surface area contributed by atoms with Crippen LogP contribution < -0.4 is 0 Å². The van der Waals surface area contributed by atoms with Crippen molar-refractivity contribution in [3.8, 4) is 0 Å². The van der Waals surface area contributed by atoms with Crippen LogP contribution in [0.25, 0.3) is 0 Å². The van der Waals surface area contributed by atoms with Crippen LogP contribution in [0.15, 0.2) is 11.6 Å². The zero-order valence-electron chi connectivity index (χ0n) is 4.70. The highest BCUT2D eigenvalue weighted by atomic mass is 35.6. The average molecular weight is 187 g/mol. The van der Waals surface area contributed by atoms with Crippen LogP contribution >= 0.6 is 34.8 Å². The van der Waals surface area contributed by atoms with Gasteiger partial charge in [-0.3, -0.25) is 4.79 Å². The number of carbonyl (C=O) groups excluding carboxylic acids is 1. The molecule has 0 radical (unpaired) electrons. The number of halogens is 3. The van der Waals surface area contributed by atoms with Gasteiger partial charge >= 0.3 is 0 Å². The third-order valence-corrected chi connectivity index (χ3v) is 1.66. The molecule has 52 valence electrons. The Morgan fingerprint density at radius 1 is 1.44 bits per heavy atom. The molecule has 0 aliphatic rings. The predicted octanol–water partition coefficient (Wildman–Crippen LogP) is 2.50. The SMILES string of the molecule is CC(=CC=O)C(Cl)(Cl)Cl. The van der Waals surface area contributed by atoms with Crippen LogP contribution in [-0.2, 0) is 4.79 Å². The van der Waals surface area contributed by atoms with Crippen LogP contribution in [0.1, 0.15) is 6.92 Å². The summed E-state index contributed by atoms with van der Waals surface area (Å²) in [7, 11) is 0. The second-order valence-corrected chi connectivity index (χ2v) is 3.76. The fourth-order valence-electron chi connectivity index (χ4n) is 0.197. The van der Waals surface area contributed by atoms with Crippen LogP contribution in [0.4, 0.5) is 0 Å². The molecule has 0 N–H and O–H groups in total. The van der Waals surface area contributed by atoms with E-state index in [4.69, 9.17) is 34.8 Å². The number of rotatable bonds is 1. The Kier molecular flexibility index (Phi) is 3.56. The van der Waals surface area contributed by atoms with Gasteiger partial charge in [-0.15, -0.1) is 0 Å². The lowest BCUT2D eigenvalue weighted by molar-refractivity contribution is -0.104. The Balaban J connectivity index is 4.19. The monoisotopic (exact) mass is 186 g/mol. The number of aldehydes is 1. The fraction of sp³-hybridized carbons (Fsp3) is 0.400. The summed E-state index contributed by atoms with van der Waals surface area (Å²) in [4.78, 5) is 9.81. The van der Waals surface area contributed by atoms with Crippen molar-refractivity contribution < 1.29 is 4.79 Å². The highest BCUT2D eigenvalue weighted by Gasteiger charge is 2.21. The van der Waals surface area contributed by atoms with E-state index in [-0.39, 0.29) is 0 Å². The molecular formula is C5H5Cl3O. The number of hydrogen-bond donors (Lipinski definition) is 0. The molecule has 0 saturated carbocycles. The van der Waals surface area contributed by atoms with Gasteiger partial charge in [-0.05, 0) is 18.6 Å². The second kappa shape index (κ2) is 3.45. The maximum Gasteiger partial charge on any atom is 0.212 e. The topological polar surface area (TPSA) is 17.1 Å². The molecule has 0 amide bonds. The molecule has 0 heterocycles. The van der Waals surface area contributed by atoms with Crippen molar-refractivity contribution >= 4 is 41.1 Å². The molecule has 0 fully saturated rings. The van der Waals surface area contributed by atoms with Gasteiger partial charge in [0.1, 0.15) is 6.29 Å². The maximum atomic E-state index is 9.81. The minimum Gasteiger partial charge on any atom is -0.299 e. The van der Waals surface area contributed by atoms with E-state index in [0.29, 0.717) is 11.9 Å². The zero-order valence-corrected chi connectivity index (χ0v) is 6.96. The molecule has 0 bridgehead atoms. The Hall–Kier alpha value is 0.280. The van der Waals surface area contributed by atoms with E-state index in [2.05, 4.69) is 0 Å². The minimum atomic E-state index is -1.44. The first-order chi connectivity index (χ1) is 3.98. The summed E-state index contributed by atoms with van der Waals surface area (Å²) in [5.41, 5.74) is 0.419. The van der Waals surface area contributed by atoms with Gasteiger partial charge in [0.15, 0.2) is 0 Å². The Morgan fingerprint density at radius 3 is 2.00 bits per heavy atom. The number of carbonyl (C=O) groups is 1. The molecule has 4 heteroatoms. The van der Waals surface area contributed by atoms with Crippen molar-refractivity contribution in [1.29, 1.82) is 0 Å². The molecule has 0 aromatic heterocycles. The molecule has 0 unspecified atom stereocenters. The Morgan fingerprint density at radius 2 is 1.89 bits per heavy atom.